The Hall–Kier alpha value is -3.63. The van der Waals surface area contributed by atoms with Gasteiger partial charge in [-0.1, -0.05) is 41.4 Å². The number of carbonyl (C=O) groups is 1. The number of hydrogen-bond donors (Lipinski definition) is 2. The molecule has 0 fully saturated rings. The summed E-state index contributed by atoms with van der Waals surface area (Å²) in [5.41, 5.74) is -2.58. The van der Waals surface area contributed by atoms with E-state index in [0.717, 1.165) is 41.2 Å². The lowest BCUT2D eigenvalue weighted by Crippen LogP contribution is -2.24. The van der Waals surface area contributed by atoms with E-state index in [2.05, 4.69) is 10.3 Å². The second-order valence-corrected chi connectivity index (χ2v) is 8.21. The minimum Gasteiger partial charge on any atom is -0.505 e. The number of aromatic nitrogens is 2. The van der Waals surface area contributed by atoms with Gasteiger partial charge >= 0.3 is 6.18 Å². The predicted octanol–water partition coefficient (Wildman–Crippen LogP) is 5.87. The van der Waals surface area contributed by atoms with Gasteiger partial charge in [-0.25, -0.2) is 9.37 Å². The van der Waals surface area contributed by atoms with Crippen molar-refractivity contribution in [3.05, 3.63) is 97.8 Å². The summed E-state index contributed by atoms with van der Waals surface area (Å²) >= 11 is 11.7. The zero-order chi connectivity index (χ0) is 25.5. The number of halogens is 6. The van der Waals surface area contributed by atoms with E-state index in [4.69, 9.17) is 23.2 Å². The molecule has 180 valence electrons. The third-order valence-electron chi connectivity index (χ3n) is 5.12. The molecular formula is C23H13Cl2F4N3O3. The van der Waals surface area contributed by atoms with E-state index in [0.29, 0.717) is 0 Å². The first-order chi connectivity index (χ1) is 16.5. The van der Waals surface area contributed by atoms with Crippen LogP contribution in [0.25, 0.3) is 10.9 Å². The lowest BCUT2D eigenvalue weighted by Gasteiger charge is -2.15. The molecule has 2 N–H and O–H groups in total. The van der Waals surface area contributed by atoms with Crippen LogP contribution in [-0.4, -0.2) is 20.6 Å². The Kier molecular flexibility index (Phi) is 6.44. The summed E-state index contributed by atoms with van der Waals surface area (Å²) in [6.45, 7) is -0.496. The van der Waals surface area contributed by atoms with Crippen molar-refractivity contribution in [1.29, 1.82) is 0 Å². The van der Waals surface area contributed by atoms with Crippen molar-refractivity contribution in [1.82, 2.24) is 9.55 Å². The highest BCUT2D eigenvalue weighted by atomic mass is 35.5. The molecule has 3 aromatic carbocycles. The largest absolute Gasteiger partial charge is 0.505 e. The van der Waals surface area contributed by atoms with Crippen LogP contribution >= 0.6 is 23.2 Å². The number of phenolic OH excluding ortho intramolecular Hbond substituents is 1. The first-order valence-electron chi connectivity index (χ1n) is 9.79. The van der Waals surface area contributed by atoms with Crippen molar-refractivity contribution in [2.75, 3.05) is 5.32 Å². The van der Waals surface area contributed by atoms with Gasteiger partial charge in [-0.15, -0.1) is 0 Å². The molecule has 0 aliphatic heterocycles. The number of phenols is 1. The number of benzene rings is 3. The molecule has 0 aliphatic rings. The lowest BCUT2D eigenvalue weighted by atomic mass is 10.1. The molecule has 4 rings (SSSR count). The van der Waals surface area contributed by atoms with Crippen LogP contribution in [0.1, 0.15) is 21.5 Å². The van der Waals surface area contributed by atoms with Crippen LogP contribution in [0.5, 0.6) is 5.75 Å². The molecule has 6 nitrogen and oxygen atoms in total. The topological polar surface area (TPSA) is 84.2 Å². The minimum absolute atomic E-state index is 0.0707. The molecule has 1 heterocycles. The molecule has 0 radical (unpaired) electrons. The number of anilines is 1. The van der Waals surface area contributed by atoms with E-state index in [-0.39, 0.29) is 37.8 Å². The molecule has 0 saturated carbocycles. The average molecular weight is 526 g/mol. The number of rotatable bonds is 4. The molecule has 1 amide bonds. The van der Waals surface area contributed by atoms with Gasteiger partial charge in [-0.05, 0) is 35.9 Å². The summed E-state index contributed by atoms with van der Waals surface area (Å²) < 4.78 is 55.4. The van der Waals surface area contributed by atoms with Gasteiger partial charge in [0.2, 0.25) is 0 Å². The van der Waals surface area contributed by atoms with Crippen molar-refractivity contribution in [2.45, 2.75) is 12.7 Å². The van der Waals surface area contributed by atoms with E-state index in [1.165, 1.54) is 18.2 Å². The fraction of sp³-hybridized carbons (Fsp3) is 0.0870. The molecule has 0 saturated heterocycles. The number of fused-ring (bicyclic) bond motifs is 1. The third-order valence-corrected chi connectivity index (χ3v) is 5.70. The van der Waals surface area contributed by atoms with Crippen LogP contribution in [0.4, 0.5) is 23.2 Å². The van der Waals surface area contributed by atoms with Crippen molar-refractivity contribution < 1.29 is 27.5 Å². The fourth-order valence-corrected chi connectivity index (χ4v) is 3.95. The zero-order valence-electron chi connectivity index (χ0n) is 17.3. The highest BCUT2D eigenvalue weighted by Gasteiger charge is 2.33. The minimum atomic E-state index is -4.65. The standard InChI is InChI=1S/C23H13Cl2F4N3O3/c24-14-7-12(8-15(25)20(14)33)21(34)31-17-6-5-16(26)19-18(17)22(35)32(10-30-19)9-11-3-1-2-4-13(11)23(27,28)29/h1-8,10,33H,9H2,(H,31,34). The maximum Gasteiger partial charge on any atom is 0.416 e. The van der Waals surface area contributed by atoms with Crippen molar-refractivity contribution in [3.63, 3.8) is 0 Å². The number of nitrogens with zero attached hydrogens (tertiary/aromatic N) is 2. The summed E-state index contributed by atoms with van der Waals surface area (Å²) in [4.78, 5) is 29.8. The number of nitrogens with one attached hydrogen (secondary N) is 1. The molecule has 1 aromatic heterocycles. The number of aromatic hydroxyl groups is 1. The van der Waals surface area contributed by atoms with E-state index < -0.39 is 41.3 Å². The Morgan fingerprint density at radius 1 is 1.09 bits per heavy atom. The van der Waals surface area contributed by atoms with Gasteiger partial charge in [0.25, 0.3) is 11.5 Å². The summed E-state index contributed by atoms with van der Waals surface area (Å²) in [6.07, 6.45) is -3.71. The van der Waals surface area contributed by atoms with Crippen LogP contribution in [0, 0.1) is 5.82 Å². The molecule has 4 aromatic rings. The lowest BCUT2D eigenvalue weighted by molar-refractivity contribution is -0.138. The maximum absolute atomic E-state index is 14.4. The molecule has 0 unspecified atom stereocenters. The van der Waals surface area contributed by atoms with Crippen LogP contribution in [0.15, 0.2) is 59.7 Å². The highest BCUT2D eigenvalue weighted by Crippen LogP contribution is 2.34. The smallest absolute Gasteiger partial charge is 0.416 e. The summed E-state index contributed by atoms with van der Waals surface area (Å²) in [5.74, 6) is -2.09. The van der Waals surface area contributed by atoms with Gasteiger partial charge in [0.15, 0.2) is 5.75 Å². The van der Waals surface area contributed by atoms with Crippen LogP contribution in [0.2, 0.25) is 10.0 Å². The van der Waals surface area contributed by atoms with E-state index in [1.807, 2.05) is 0 Å². The molecule has 0 atom stereocenters. The summed E-state index contributed by atoms with van der Waals surface area (Å²) in [7, 11) is 0. The predicted molar refractivity (Wildman–Crippen MR) is 123 cm³/mol. The van der Waals surface area contributed by atoms with E-state index in [9.17, 15) is 32.3 Å². The second kappa shape index (κ2) is 9.20. The molecule has 0 aliphatic carbocycles. The number of hydrogen-bond acceptors (Lipinski definition) is 4. The van der Waals surface area contributed by atoms with Gasteiger partial charge < -0.3 is 10.4 Å². The van der Waals surface area contributed by atoms with Crippen LogP contribution in [0.3, 0.4) is 0 Å². The normalized spacial score (nSPS) is 11.6. The second-order valence-electron chi connectivity index (χ2n) is 7.39. The molecular weight excluding hydrogens is 513 g/mol. The monoisotopic (exact) mass is 525 g/mol. The maximum atomic E-state index is 14.4. The molecule has 12 heteroatoms. The Labute approximate surface area is 204 Å². The Bertz CT molecular complexity index is 1510. The van der Waals surface area contributed by atoms with Gasteiger partial charge in [-0.3, -0.25) is 14.2 Å². The van der Waals surface area contributed by atoms with Crippen LogP contribution in [-0.2, 0) is 12.7 Å². The van der Waals surface area contributed by atoms with Gasteiger partial charge in [0.05, 0.1) is 39.6 Å². The first kappa shape index (κ1) is 24.5. The number of carbonyl (C=O) groups excluding carboxylic acids is 1. The SMILES string of the molecule is O=C(Nc1ccc(F)c2ncn(Cc3ccccc3C(F)(F)F)c(=O)c12)c1cc(Cl)c(O)c(Cl)c1. The number of amides is 1. The van der Waals surface area contributed by atoms with Gasteiger partial charge in [0.1, 0.15) is 11.3 Å². The van der Waals surface area contributed by atoms with Crippen molar-refractivity contribution >= 4 is 45.7 Å². The third kappa shape index (κ3) is 4.80. The highest BCUT2D eigenvalue weighted by molar-refractivity contribution is 6.37. The summed E-state index contributed by atoms with van der Waals surface area (Å²) in [5, 5.41) is 11.4. The molecule has 0 bridgehead atoms. The average Bonchev–Trinajstić information content (AvgIpc) is 2.80. The van der Waals surface area contributed by atoms with Crippen LogP contribution < -0.4 is 10.9 Å². The zero-order valence-corrected chi connectivity index (χ0v) is 18.8. The Morgan fingerprint density at radius 3 is 2.40 bits per heavy atom. The quantitative estimate of drug-likeness (QED) is 0.326. The Morgan fingerprint density at radius 2 is 1.74 bits per heavy atom. The molecule has 35 heavy (non-hydrogen) atoms. The Balaban J connectivity index is 1.79. The number of alkyl halides is 3. The summed E-state index contributed by atoms with van der Waals surface area (Å²) in [6, 6.07) is 9.07. The van der Waals surface area contributed by atoms with Crippen molar-refractivity contribution in [3.8, 4) is 5.75 Å². The first-order valence-corrected chi connectivity index (χ1v) is 10.5. The van der Waals surface area contributed by atoms with Gasteiger partial charge in [-0.2, -0.15) is 13.2 Å². The van der Waals surface area contributed by atoms with E-state index in [1.54, 1.807) is 0 Å². The fourth-order valence-electron chi connectivity index (χ4n) is 3.46. The van der Waals surface area contributed by atoms with Crippen molar-refractivity contribution in [2.24, 2.45) is 0 Å². The van der Waals surface area contributed by atoms with E-state index >= 15 is 0 Å². The van der Waals surface area contributed by atoms with Gasteiger partial charge in [0, 0.05) is 5.56 Å². The molecule has 0 spiro atoms.